The molecule has 1 fully saturated rings. The van der Waals surface area contributed by atoms with Gasteiger partial charge in [0.25, 0.3) is 0 Å². The molecule has 2 heterocycles. The van der Waals surface area contributed by atoms with Crippen LogP contribution >= 0.6 is 0 Å². The van der Waals surface area contributed by atoms with E-state index in [9.17, 15) is 0 Å². The van der Waals surface area contributed by atoms with Crippen LogP contribution in [-0.2, 0) is 6.54 Å². The Balaban J connectivity index is 1.75. The Bertz CT molecular complexity index is 514. The lowest BCUT2D eigenvalue weighted by Crippen LogP contribution is -2.26. The first-order valence-electron chi connectivity index (χ1n) is 6.85. The zero-order valence-electron chi connectivity index (χ0n) is 10.9. The second-order valence-corrected chi connectivity index (χ2v) is 5.28. The van der Waals surface area contributed by atoms with E-state index in [2.05, 4.69) is 19.7 Å². The highest BCUT2D eigenvalue weighted by atomic mass is 15.3. The van der Waals surface area contributed by atoms with Crippen LogP contribution in [0.5, 0.6) is 0 Å². The Morgan fingerprint density at radius 2 is 1.89 bits per heavy atom. The fourth-order valence-electron chi connectivity index (χ4n) is 2.76. The molecule has 0 aromatic carbocycles. The van der Waals surface area contributed by atoms with Gasteiger partial charge >= 0.3 is 0 Å². The van der Waals surface area contributed by atoms with E-state index in [1.165, 1.54) is 5.56 Å². The van der Waals surface area contributed by atoms with Crippen molar-refractivity contribution in [1.82, 2.24) is 19.7 Å². The standard InChI is InChI=1S/C14H19N5/c15-13-3-1-12(2-4-13)14-18-17-10-19(14)9-11-5-7-16-8-6-11/h5-8,10,12-13H,1-4,9,15H2. The monoisotopic (exact) mass is 257 g/mol. The molecule has 1 aliphatic rings. The molecule has 5 heteroatoms. The van der Waals surface area contributed by atoms with Gasteiger partial charge in [0.1, 0.15) is 12.2 Å². The Labute approximate surface area is 112 Å². The van der Waals surface area contributed by atoms with Crippen LogP contribution in [0.2, 0.25) is 0 Å². The topological polar surface area (TPSA) is 69.6 Å². The molecule has 2 N–H and O–H groups in total. The van der Waals surface area contributed by atoms with Gasteiger partial charge in [-0.1, -0.05) is 0 Å². The molecule has 0 atom stereocenters. The summed E-state index contributed by atoms with van der Waals surface area (Å²) in [5, 5.41) is 8.40. The minimum absolute atomic E-state index is 0.368. The summed E-state index contributed by atoms with van der Waals surface area (Å²) in [5.41, 5.74) is 7.19. The Morgan fingerprint density at radius 1 is 1.16 bits per heavy atom. The second kappa shape index (κ2) is 5.48. The maximum absolute atomic E-state index is 5.96. The molecular formula is C14H19N5. The van der Waals surface area contributed by atoms with Crippen LogP contribution < -0.4 is 5.73 Å². The summed E-state index contributed by atoms with van der Waals surface area (Å²) in [6.45, 7) is 0.813. The van der Waals surface area contributed by atoms with Gasteiger partial charge in [-0.25, -0.2) is 0 Å². The van der Waals surface area contributed by atoms with E-state index in [0.29, 0.717) is 12.0 Å². The van der Waals surface area contributed by atoms with Gasteiger partial charge < -0.3 is 10.3 Å². The first-order chi connectivity index (χ1) is 9.33. The van der Waals surface area contributed by atoms with Crippen molar-refractivity contribution in [2.24, 2.45) is 5.73 Å². The van der Waals surface area contributed by atoms with E-state index in [1.54, 1.807) is 0 Å². The lowest BCUT2D eigenvalue weighted by Gasteiger charge is -2.25. The normalized spacial score (nSPS) is 23.4. The summed E-state index contributed by atoms with van der Waals surface area (Å²) < 4.78 is 2.15. The molecule has 0 amide bonds. The van der Waals surface area contributed by atoms with E-state index < -0.39 is 0 Å². The number of nitrogens with zero attached hydrogens (tertiary/aromatic N) is 4. The van der Waals surface area contributed by atoms with Crippen molar-refractivity contribution in [3.8, 4) is 0 Å². The van der Waals surface area contributed by atoms with Gasteiger partial charge in [0.2, 0.25) is 0 Å². The van der Waals surface area contributed by atoms with Crippen molar-refractivity contribution in [1.29, 1.82) is 0 Å². The lowest BCUT2D eigenvalue weighted by atomic mass is 9.86. The van der Waals surface area contributed by atoms with Gasteiger partial charge in [-0.2, -0.15) is 0 Å². The van der Waals surface area contributed by atoms with E-state index >= 15 is 0 Å². The maximum Gasteiger partial charge on any atom is 0.136 e. The quantitative estimate of drug-likeness (QED) is 0.908. The number of hydrogen-bond donors (Lipinski definition) is 1. The molecule has 0 bridgehead atoms. The largest absolute Gasteiger partial charge is 0.328 e. The molecule has 0 aliphatic heterocycles. The molecule has 0 radical (unpaired) electrons. The predicted octanol–water partition coefficient (Wildman–Crippen LogP) is 1.71. The van der Waals surface area contributed by atoms with E-state index in [1.807, 2.05) is 30.9 Å². The molecule has 100 valence electrons. The van der Waals surface area contributed by atoms with E-state index in [-0.39, 0.29) is 0 Å². The molecule has 3 rings (SSSR count). The van der Waals surface area contributed by atoms with Crippen molar-refractivity contribution in [2.45, 2.75) is 44.2 Å². The van der Waals surface area contributed by atoms with E-state index in [0.717, 1.165) is 38.1 Å². The van der Waals surface area contributed by atoms with Crippen molar-refractivity contribution in [3.63, 3.8) is 0 Å². The lowest BCUT2D eigenvalue weighted by molar-refractivity contribution is 0.377. The summed E-state index contributed by atoms with van der Waals surface area (Å²) in [4.78, 5) is 4.04. The minimum atomic E-state index is 0.368. The van der Waals surface area contributed by atoms with Crippen LogP contribution in [0.25, 0.3) is 0 Å². The van der Waals surface area contributed by atoms with Crippen LogP contribution in [0.3, 0.4) is 0 Å². The fourth-order valence-corrected chi connectivity index (χ4v) is 2.76. The minimum Gasteiger partial charge on any atom is -0.328 e. The number of nitrogens with two attached hydrogens (primary N) is 1. The summed E-state index contributed by atoms with van der Waals surface area (Å²) in [7, 11) is 0. The first-order valence-corrected chi connectivity index (χ1v) is 6.85. The van der Waals surface area contributed by atoms with Crippen LogP contribution in [-0.4, -0.2) is 25.8 Å². The summed E-state index contributed by atoms with van der Waals surface area (Å²) in [6, 6.07) is 4.43. The van der Waals surface area contributed by atoms with Gasteiger partial charge in [0.15, 0.2) is 0 Å². The average molecular weight is 257 g/mol. The van der Waals surface area contributed by atoms with Gasteiger partial charge in [-0.05, 0) is 43.4 Å². The second-order valence-electron chi connectivity index (χ2n) is 5.28. The molecule has 0 unspecified atom stereocenters. The van der Waals surface area contributed by atoms with Crippen LogP contribution in [0, 0.1) is 0 Å². The molecule has 2 aromatic heterocycles. The smallest absolute Gasteiger partial charge is 0.136 e. The molecule has 0 spiro atoms. The van der Waals surface area contributed by atoms with Gasteiger partial charge in [0, 0.05) is 24.4 Å². The molecule has 0 saturated heterocycles. The molecule has 1 aliphatic carbocycles. The van der Waals surface area contributed by atoms with Crippen LogP contribution in [0.15, 0.2) is 30.9 Å². The summed E-state index contributed by atoms with van der Waals surface area (Å²) in [6.07, 6.45) is 9.88. The highest BCUT2D eigenvalue weighted by molar-refractivity contribution is 5.12. The van der Waals surface area contributed by atoms with Crippen molar-refractivity contribution < 1.29 is 0 Å². The van der Waals surface area contributed by atoms with Crippen molar-refractivity contribution in [3.05, 3.63) is 42.2 Å². The third-order valence-electron chi connectivity index (χ3n) is 3.88. The first kappa shape index (κ1) is 12.3. The molecular weight excluding hydrogens is 238 g/mol. The average Bonchev–Trinajstić information content (AvgIpc) is 2.89. The Hall–Kier alpha value is -1.75. The Kier molecular flexibility index (Phi) is 3.55. The molecule has 5 nitrogen and oxygen atoms in total. The zero-order valence-corrected chi connectivity index (χ0v) is 10.9. The molecule has 19 heavy (non-hydrogen) atoms. The molecule has 2 aromatic rings. The zero-order chi connectivity index (χ0) is 13.1. The summed E-state index contributed by atoms with van der Waals surface area (Å²) in [5.74, 6) is 1.60. The van der Waals surface area contributed by atoms with Crippen molar-refractivity contribution >= 4 is 0 Å². The summed E-state index contributed by atoms with van der Waals surface area (Å²) >= 11 is 0. The van der Waals surface area contributed by atoms with Gasteiger partial charge in [0.05, 0.1) is 6.54 Å². The third-order valence-corrected chi connectivity index (χ3v) is 3.88. The van der Waals surface area contributed by atoms with E-state index in [4.69, 9.17) is 5.73 Å². The van der Waals surface area contributed by atoms with Crippen LogP contribution in [0.4, 0.5) is 0 Å². The highest BCUT2D eigenvalue weighted by Crippen LogP contribution is 2.31. The van der Waals surface area contributed by atoms with Crippen LogP contribution in [0.1, 0.15) is 43.0 Å². The number of rotatable bonds is 3. The Morgan fingerprint density at radius 3 is 2.63 bits per heavy atom. The molecule has 1 saturated carbocycles. The van der Waals surface area contributed by atoms with Crippen molar-refractivity contribution in [2.75, 3.05) is 0 Å². The fraction of sp³-hybridized carbons (Fsp3) is 0.500. The third kappa shape index (κ3) is 2.81. The highest BCUT2D eigenvalue weighted by Gasteiger charge is 2.23. The number of hydrogen-bond acceptors (Lipinski definition) is 4. The predicted molar refractivity (Wildman–Crippen MR) is 72.5 cm³/mol. The van der Waals surface area contributed by atoms with Gasteiger partial charge in [-0.15, -0.1) is 10.2 Å². The maximum atomic E-state index is 5.96. The number of aromatic nitrogens is 4. The number of pyridine rings is 1. The SMILES string of the molecule is NC1CCC(c2nncn2Cc2ccncc2)CC1. The van der Waals surface area contributed by atoms with Gasteiger partial charge in [-0.3, -0.25) is 4.98 Å².